The lowest BCUT2D eigenvalue weighted by Crippen LogP contribution is -2.46. The Bertz CT molecular complexity index is 1310. The number of pyridine rings is 1. The average Bonchev–Trinajstić information content (AvgIpc) is 2.93. The fourth-order valence-corrected chi connectivity index (χ4v) is 4.72. The monoisotopic (exact) mass is 547 g/mol. The molecule has 1 fully saturated rings. The number of carbonyl (C=O) groups excluding carboxylic acids is 1. The predicted octanol–water partition coefficient (Wildman–Crippen LogP) is 5.31. The summed E-state index contributed by atoms with van der Waals surface area (Å²) >= 11 is 0. The molecule has 1 aliphatic heterocycles. The first kappa shape index (κ1) is 29.1. The molecule has 0 saturated carbocycles. The van der Waals surface area contributed by atoms with Crippen molar-refractivity contribution in [1.29, 1.82) is 0 Å². The maximum atomic E-state index is 12.6. The number of benzene rings is 2. The minimum absolute atomic E-state index is 0.107. The summed E-state index contributed by atoms with van der Waals surface area (Å²) in [5.74, 6) is 0.543. The summed E-state index contributed by atoms with van der Waals surface area (Å²) in [5, 5.41) is 14.7. The molecule has 3 aromatic rings. The molecule has 0 unspecified atom stereocenters. The zero-order valence-electron chi connectivity index (χ0n) is 24.0. The van der Waals surface area contributed by atoms with Gasteiger partial charge in [0.05, 0.1) is 13.2 Å². The Kier molecular flexibility index (Phi) is 9.47. The number of amides is 2. The lowest BCUT2D eigenvalue weighted by Gasteiger charge is -2.36. The lowest BCUT2D eigenvalue weighted by atomic mass is 9.95. The molecule has 2 N–H and O–H groups in total. The van der Waals surface area contributed by atoms with Gasteiger partial charge < -0.3 is 25.0 Å². The quantitative estimate of drug-likeness (QED) is 0.332. The SMILES string of the molecule is CN(Cc1ccc(OCCCCN2CCN(c3cccc4ccccc34)CC2)nc1NC(=O)C(C)(C)C)C(=O)O. The highest BCUT2D eigenvalue weighted by atomic mass is 16.5. The first-order valence-electron chi connectivity index (χ1n) is 13.9. The zero-order chi connectivity index (χ0) is 28.7. The number of unbranched alkanes of at least 4 members (excludes halogenated alkanes) is 1. The molecule has 0 bridgehead atoms. The van der Waals surface area contributed by atoms with E-state index >= 15 is 0 Å². The topological polar surface area (TPSA) is 98.2 Å². The van der Waals surface area contributed by atoms with Crippen LogP contribution in [0, 0.1) is 5.41 Å². The standard InChI is InChI=1S/C31H41N5O4/c1-31(2,3)29(37)33-28-24(22-34(4)30(38)39)14-15-27(32-28)40-21-8-7-16-35-17-19-36(20-18-35)26-13-9-11-23-10-5-6-12-25(23)26/h5-6,9-15H,7-8,16-22H2,1-4H3,(H,38,39)(H,32,33,37). The Balaban J connectivity index is 1.24. The number of hydrogen-bond acceptors (Lipinski definition) is 6. The van der Waals surface area contributed by atoms with Crippen molar-refractivity contribution in [2.45, 2.75) is 40.2 Å². The van der Waals surface area contributed by atoms with E-state index in [1.807, 2.05) is 20.8 Å². The maximum Gasteiger partial charge on any atom is 0.407 e. The number of aromatic nitrogens is 1. The summed E-state index contributed by atoms with van der Waals surface area (Å²) in [4.78, 5) is 34.5. The second-order valence-corrected chi connectivity index (χ2v) is 11.4. The Morgan fingerprint density at radius 1 is 1.00 bits per heavy atom. The first-order valence-corrected chi connectivity index (χ1v) is 13.9. The van der Waals surface area contributed by atoms with Crippen LogP contribution in [0.2, 0.25) is 0 Å². The minimum Gasteiger partial charge on any atom is -0.478 e. The molecule has 9 nitrogen and oxygen atoms in total. The normalized spacial score (nSPS) is 14.2. The number of ether oxygens (including phenoxy) is 1. The van der Waals surface area contributed by atoms with Gasteiger partial charge in [-0.1, -0.05) is 57.2 Å². The highest BCUT2D eigenvalue weighted by Crippen LogP contribution is 2.28. The van der Waals surface area contributed by atoms with Crippen LogP contribution in [0.4, 0.5) is 16.3 Å². The molecule has 2 aromatic carbocycles. The van der Waals surface area contributed by atoms with Gasteiger partial charge in [0, 0.05) is 61.3 Å². The van der Waals surface area contributed by atoms with Crippen molar-refractivity contribution in [2.24, 2.45) is 5.41 Å². The molecule has 40 heavy (non-hydrogen) atoms. The van der Waals surface area contributed by atoms with E-state index in [-0.39, 0.29) is 12.5 Å². The molecule has 2 heterocycles. The number of rotatable bonds is 10. The number of carbonyl (C=O) groups is 2. The summed E-state index contributed by atoms with van der Waals surface area (Å²) in [7, 11) is 1.48. The van der Waals surface area contributed by atoms with E-state index in [9.17, 15) is 14.7 Å². The van der Waals surface area contributed by atoms with Gasteiger partial charge in [-0.25, -0.2) is 4.79 Å². The third-order valence-corrected chi connectivity index (χ3v) is 7.20. The first-order chi connectivity index (χ1) is 19.1. The number of piperazine rings is 1. The molecule has 1 aromatic heterocycles. The third kappa shape index (κ3) is 7.63. The molecule has 0 radical (unpaired) electrons. The maximum absolute atomic E-state index is 12.6. The smallest absolute Gasteiger partial charge is 0.407 e. The van der Waals surface area contributed by atoms with Crippen molar-refractivity contribution in [3.05, 3.63) is 60.2 Å². The molecular formula is C31H41N5O4. The van der Waals surface area contributed by atoms with Gasteiger partial charge in [-0.15, -0.1) is 0 Å². The number of carboxylic acid groups (broad SMARTS) is 1. The molecule has 214 valence electrons. The molecule has 0 spiro atoms. The Labute approximate surface area is 236 Å². The van der Waals surface area contributed by atoms with Crippen molar-refractivity contribution in [3.63, 3.8) is 0 Å². The van der Waals surface area contributed by atoms with Gasteiger partial charge >= 0.3 is 6.09 Å². The molecule has 0 atom stereocenters. The van der Waals surface area contributed by atoms with E-state index in [0.717, 1.165) is 50.5 Å². The van der Waals surface area contributed by atoms with Crippen LogP contribution >= 0.6 is 0 Å². The van der Waals surface area contributed by atoms with Gasteiger partial charge in [0.2, 0.25) is 11.8 Å². The van der Waals surface area contributed by atoms with Crippen LogP contribution in [0.15, 0.2) is 54.6 Å². The Hall–Kier alpha value is -3.85. The molecule has 2 amide bonds. The summed E-state index contributed by atoms with van der Waals surface area (Å²) in [6.45, 7) is 11.2. The lowest BCUT2D eigenvalue weighted by molar-refractivity contribution is -0.123. The Morgan fingerprint density at radius 3 is 2.45 bits per heavy atom. The molecule has 0 aliphatic carbocycles. The van der Waals surface area contributed by atoms with E-state index in [1.54, 1.807) is 12.1 Å². The van der Waals surface area contributed by atoms with Crippen molar-refractivity contribution in [3.8, 4) is 5.88 Å². The fraction of sp³-hybridized carbons (Fsp3) is 0.452. The van der Waals surface area contributed by atoms with Crippen molar-refractivity contribution in [2.75, 3.05) is 56.6 Å². The predicted molar refractivity (Wildman–Crippen MR) is 159 cm³/mol. The number of anilines is 2. The van der Waals surface area contributed by atoms with Gasteiger partial charge in [-0.3, -0.25) is 9.69 Å². The van der Waals surface area contributed by atoms with Crippen LogP contribution in [-0.2, 0) is 11.3 Å². The van der Waals surface area contributed by atoms with Crippen molar-refractivity contribution in [1.82, 2.24) is 14.8 Å². The number of fused-ring (bicyclic) bond motifs is 1. The molecule has 1 aliphatic rings. The third-order valence-electron chi connectivity index (χ3n) is 7.20. The summed E-state index contributed by atoms with van der Waals surface area (Å²) in [5.41, 5.74) is 1.31. The van der Waals surface area contributed by atoms with Gasteiger partial charge in [-0.2, -0.15) is 4.98 Å². The van der Waals surface area contributed by atoms with Crippen LogP contribution in [0.3, 0.4) is 0 Å². The fourth-order valence-electron chi connectivity index (χ4n) is 4.72. The van der Waals surface area contributed by atoms with Crippen LogP contribution in [0.25, 0.3) is 10.8 Å². The highest BCUT2D eigenvalue weighted by Gasteiger charge is 2.24. The van der Waals surface area contributed by atoms with E-state index in [1.165, 1.54) is 23.5 Å². The minimum atomic E-state index is -1.05. The van der Waals surface area contributed by atoms with Crippen LogP contribution in [0.5, 0.6) is 5.88 Å². The van der Waals surface area contributed by atoms with Crippen molar-refractivity contribution < 1.29 is 19.4 Å². The summed E-state index contributed by atoms with van der Waals surface area (Å²) in [6, 6.07) is 18.6. The van der Waals surface area contributed by atoms with Gasteiger partial charge in [0.1, 0.15) is 5.82 Å². The van der Waals surface area contributed by atoms with E-state index < -0.39 is 11.5 Å². The van der Waals surface area contributed by atoms with E-state index in [2.05, 4.69) is 62.6 Å². The largest absolute Gasteiger partial charge is 0.478 e. The second-order valence-electron chi connectivity index (χ2n) is 11.4. The number of hydrogen-bond donors (Lipinski definition) is 2. The van der Waals surface area contributed by atoms with Gasteiger partial charge in [0.15, 0.2) is 0 Å². The van der Waals surface area contributed by atoms with Crippen molar-refractivity contribution >= 4 is 34.3 Å². The number of nitrogens with one attached hydrogen (secondary N) is 1. The van der Waals surface area contributed by atoms with Crippen LogP contribution < -0.4 is 15.0 Å². The average molecular weight is 548 g/mol. The summed E-state index contributed by atoms with van der Waals surface area (Å²) in [6.07, 6.45) is 0.852. The molecule has 1 saturated heterocycles. The van der Waals surface area contributed by atoms with Gasteiger partial charge in [-0.05, 0) is 36.9 Å². The van der Waals surface area contributed by atoms with E-state index in [0.29, 0.717) is 23.9 Å². The van der Waals surface area contributed by atoms with E-state index in [4.69, 9.17) is 4.74 Å². The van der Waals surface area contributed by atoms with Crippen LogP contribution in [-0.4, -0.2) is 78.3 Å². The molecule has 4 rings (SSSR count). The molecule has 9 heteroatoms. The Morgan fingerprint density at radius 2 is 1.73 bits per heavy atom. The molecular weight excluding hydrogens is 506 g/mol. The zero-order valence-corrected chi connectivity index (χ0v) is 24.0. The summed E-state index contributed by atoms with van der Waals surface area (Å²) < 4.78 is 5.91. The second kappa shape index (κ2) is 13.0. The van der Waals surface area contributed by atoms with Crippen LogP contribution in [0.1, 0.15) is 39.2 Å². The number of nitrogens with zero attached hydrogens (tertiary/aromatic N) is 4. The van der Waals surface area contributed by atoms with Gasteiger partial charge in [0.25, 0.3) is 0 Å². The highest BCUT2D eigenvalue weighted by molar-refractivity contribution is 5.95.